The number of nitrogens with one attached hydrogen (secondary N) is 2. The predicted octanol–water partition coefficient (Wildman–Crippen LogP) is 0.0456. The molecule has 8 heteroatoms. The first-order chi connectivity index (χ1) is 9.24. The molecule has 19 heavy (non-hydrogen) atoms. The zero-order chi connectivity index (χ0) is 13.2. The van der Waals surface area contributed by atoms with Crippen LogP contribution in [0.4, 0.5) is 5.82 Å². The molecule has 0 bridgehead atoms. The first-order valence-corrected chi connectivity index (χ1v) is 5.57. The first kappa shape index (κ1) is 11.3. The summed E-state index contributed by atoms with van der Waals surface area (Å²) in [7, 11) is 0. The number of aromatic amines is 1. The first-order valence-electron chi connectivity index (χ1n) is 5.57. The lowest BCUT2D eigenvalue weighted by Gasteiger charge is -2.04. The Hall–Kier alpha value is -2.77. The fraction of sp³-hybridized carbons (Fsp3) is 0.182. The van der Waals surface area contributed by atoms with Crippen LogP contribution in [0.5, 0.6) is 11.5 Å². The van der Waals surface area contributed by atoms with Crippen LogP contribution in [-0.4, -0.2) is 28.1 Å². The van der Waals surface area contributed by atoms with E-state index in [1.165, 1.54) is 0 Å². The van der Waals surface area contributed by atoms with Crippen molar-refractivity contribution < 1.29 is 14.3 Å². The van der Waals surface area contributed by atoms with Gasteiger partial charge in [-0.25, -0.2) is 0 Å². The summed E-state index contributed by atoms with van der Waals surface area (Å²) in [6.07, 6.45) is 0. The van der Waals surface area contributed by atoms with Gasteiger partial charge in [0.25, 0.3) is 5.91 Å². The Kier molecular flexibility index (Phi) is 2.67. The number of hydrogen-bond donors (Lipinski definition) is 3. The standard InChI is InChI=1S/C11H11N5O3/c12-10-9(14-16-15-10)11(17)13-4-6-1-2-7-8(3-6)19-5-18-7/h1-3H,4-5H2,(H,13,17)(H3,12,14,15,16). The molecule has 0 unspecified atom stereocenters. The summed E-state index contributed by atoms with van der Waals surface area (Å²) in [6, 6.07) is 5.46. The van der Waals surface area contributed by atoms with E-state index in [2.05, 4.69) is 20.7 Å². The number of H-pyrrole nitrogens is 1. The second-order valence-corrected chi connectivity index (χ2v) is 3.93. The van der Waals surface area contributed by atoms with E-state index < -0.39 is 0 Å². The number of fused-ring (bicyclic) bond motifs is 1. The Morgan fingerprint density at radius 1 is 1.37 bits per heavy atom. The normalized spacial score (nSPS) is 12.4. The Bertz CT molecular complexity index is 625. The van der Waals surface area contributed by atoms with Gasteiger partial charge in [0.1, 0.15) is 0 Å². The van der Waals surface area contributed by atoms with Gasteiger partial charge in [-0.05, 0) is 17.7 Å². The van der Waals surface area contributed by atoms with Crippen molar-refractivity contribution >= 4 is 11.7 Å². The molecule has 0 saturated carbocycles. The fourth-order valence-corrected chi connectivity index (χ4v) is 1.72. The van der Waals surface area contributed by atoms with E-state index in [0.717, 1.165) is 5.56 Å². The molecule has 0 spiro atoms. The van der Waals surface area contributed by atoms with E-state index in [9.17, 15) is 4.79 Å². The Morgan fingerprint density at radius 3 is 3.00 bits per heavy atom. The van der Waals surface area contributed by atoms with Crippen LogP contribution in [0.25, 0.3) is 0 Å². The van der Waals surface area contributed by atoms with E-state index in [1.807, 2.05) is 12.1 Å². The number of benzene rings is 1. The minimum absolute atomic E-state index is 0.0724. The smallest absolute Gasteiger partial charge is 0.275 e. The second-order valence-electron chi connectivity index (χ2n) is 3.93. The van der Waals surface area contributed by atoms with Crippen LogP contribution in [0.2, 0.25) is 0 Å². The average molecular weight is 261 g/mol. The number of anilines is 1. The fourth-order valence-electron chi connectivity index (χ4n) is 1.72. The van der Waals surface area contributed by atoms with Gasteiger partial charge in [0, 0.05) is 6.54 Å². The summed E-state index contributed by atoms with van der Waals surface area (Å²) >= 11 is 0. The Balaban J connectivity index is 1.66. The van der Waals surface area contributed by atoms with Gasteiger partial charge in [0.05, 0.1) is 0 Å². The Morgan fingerprint density at radius 2 is 2.21 bits per heavy atom. The van der Waals surface area contributed by atoms with E-state index in [-0.39, 0.29) is 24.2 Å². The van der Waals surface area contributed by atoms with Crippen molar-refractivity contribution in [3.63, 3.8) is 0 Å². The van der Waals surface area contributed by atoms with Gasteiger partial charge in [-0.15, -0.1) is 10.2 Å². The van der Waals surface area contributed by atoms with E-state index in [4.69, 9.17) is 15.2 Å². The number of carbonyl (C=O) groups excluding carboxylic acids is 1. The van der Waals surface area contributed by atoms with Crippen molar-refractivity contribution in [2.45, 2.75) is 6.54 Å². The number of carbonyl (C=O) groups is 1. The average Bonchev–Trinajstić information content (AvgIpc) is 3.03. The summed E-state index contributed by atoms with van der Waals surface area (Å²) in [5.74, 6) is 1.07. The van der Waals surface area contributed by atoms with Crippen molar-refractivity contribution in [3.8, 4) is 11.5 Å². The number of aromatic nitrogens is 3. The van der Waals surface area contributed by atoms with Crippen LogP contribution in [0, 0.1) is 0 Å². The molecule has 0 radical (unpaired) electrons. The molecule has 0 atom stereocenters. The highest BCUT2D eigenvalue weighted by atomic mass is 16.7. The lowest BCUT2D eigenvalue weighted by atomic mass is 10.2. The van der Waals surface area contributed by atoms with Crippen molar-refractivity contribution in [2.24, 2.45) is 0 Å². The third kappa shape index (κ3) is 2.15. The van der Waals surface area contributed by atoms with Crippen LogP contribution in [0.15, 0.2) is 18.2 Å². The molecule has 2 aromatic rings. The van der Waals surface area contributed by atoms with Crippen LogP contribution >= 0.6 is 0 Å². The van der Waals surface area contributed by atoms with Gasteiger partial charge in [0.15, 0.2) is 23.0 Å². The third-order valence-electron chi connectivity index (χ3n) is 2.68. The van der Waals surface area contributed by atoms with Crippen molar-refractivity contribution in [1.82, 2.24) is 20.7 Å². The number of nitrogens with zero attached hydrogens (tertiary/aromatic N) is 2. The number of amides is 1. The van der Waals surface area contributed by atoms with Crippen LogP contribution in [0.1, 0.15) is 16.1 Å². The minimum Gasteiger partial charge on any atom is -0.454 e. The van der Waals surface area contributed by atoms with Gasteiger partial charge < -0.3 is 20.5 Å². The molecule has 8 nitrogen and oxygen atoms in total. The van der Waals surface area contributed by atoms with Gasteiger partial charge in [-0.1, -0.05) is 6.07 Å². The van der Waals surface area contributed by atoms with Gasteiger partial charge in [0.2, 0.25) is 6.79 Å². The highest BCUT2D eigenvalue weighted by Gasteiger charge is 2.15. The quantitative estimate of drug-likeness (QED) is 0.718. The number of nitrogens with two attached hydrogens (primary N) is 1. The summed E-state index contributed by atoms with van der Waals surface area (Å²) < 4.78 is 10.5. The molecular formula is C11H11N5O3. The predicted molar refractivity (Wildman–Crippen MR) is 64.5 cm³/mol. The molecule has 4 N–H and O–H groups in total. The molecule has 1 aliphatic heterocycles. The topological polar surface area (TPSA) is 115 Å². The summed E-state index contributed by atoms with van der Waals surface area (Å²) in [6.45, 7) is 0.558. The third-order valence-corrected chi connectivity index (χ3v) is 2.68. The maximum absolute atomic E-state index is 11.8. The minimum atomic E-state index is -0.385. The lowest BCUT2D eigenvalue weighted by Crippen LogP contribution is -2.24. The highest BCUT2D eigenvalue weighted by Crippen LogP contribution is 2.32. The molecule has 3 rings (SSSR count). The summed E-state index contributed by atoms with van der Waals surface area (Å²) in [5.41, 5.74) is 6.45. The maximum atomic E-state index is 11.8. The molecule has 1 amide bonds. The SMILES string of the molecule is Nc1n[nH]nc1C(=O)NCc1ccc2c(c1)OCO2. The van der Waals surface area contributed by atoms with Gasteiger partial charge in [-0.2, -0.15) is 5.21 Å². The summed E-state index contributed by atoms with van der Waals surface area (Å²) in [5, 5.41) is 12.2. The van der Waals surface area contributed by atoms with Crippen LogP contribution in [0.3, 0.4) is 0 Å². The monoisotopic (exact) mass is 261 g/mol. The zero-order valence-corrected chi connectivity index (χ0v) is 9.84. The second kappa shape index (κ2) is 4.48. The molecule has 2 heterocycles. The van der Waals surface area contributed by atoms with Gasteiger partial charge >= 0.3 is 0 Å². The maximum Gasteiger partial charge on any atom is 0.275 e. The highest BCUT2D eigenvalue weighted by molar-refractivity contribution is 5.96. The molecule has 0 saturated heterocycles. The van der Waals surface area contributed by atoms with Crippen molar-refractivity contribution in [2.75, 3.05) is 12.5 Å². The zero-order valence-electron chi connectivity index (χ0n) is 9.84. The Labute approximate surface area is 107 Å². The molecule has 1 aromatic carbocycles. The number of ether oxygens (including phenoxy) is 2. The number of nitrogen functional groups attached to an aromatic ring is 1. The van der Waals surface area contributed by atoms with Gasteiger partial charge in [-0.3, -0.25) is 4.79 Å². The molecular weight excluding hydrogens is 250 g/mol. The molecule has 0 aliphatic carbocycles. The van der Waals surface area contributed by atoms with Crippen molar-refractivity contribution in [1.29, 1.82) is 0 Å². The molecule has 98 valence electrons. The van der Waals surface area contributed by atoms with Crippen molar-refractivity contribution in [3.05, 3.63) is 29.5 Å². The number of rotatable bonds is 3. The van der Waals surface area contributed by atoms with E-state index >= 15 is 0 Å². The molecule has 1 aliphatic rings. The lowest BCUT2D eigenvalue weighted by molar-refractivity contribution is 0.0946. The largest absolute Gasteiger partial charge is 0.454 e. The van der Waals surface area contributed by atoms with Crippen LogP contribution in [-0.2, 0) is 6.54 Å². The molecule has 0 fully saturated rings. The summed E-state index contributed by atoms with van der Waals surface area (Å²) in [4.78, 5) is 11.8. The number of hydrogen-bond acceptors (Lipinski definition) is 6. The van der Waals surface area contributed by atoms with E-state index in [0.29, 0.717) is 18.0 Å². The van der Waals surface area contributed by atoms with Crippen LogP contribution < -0.4 is 20.5 Å². The molecule has 1 aromatic heterocycles. The van der Waals surface area contributed by atoms with E-state index in [1.54, 1.807) is 6.07 Å².